The minimum absolute atomic E-state index is 0.0437. The molecule has 158 valence electrons. The number of nitrogens with one attached hydrogen (secondary N) is 2. The van der Waals surface area contributed by atoms with Crippen molar-refractivity contribution in [2.24, 2.45) is 0 Å². The smallest absolute Gasteiger partial charge is 0.335 e. The van der Waals surface area contributed by atoms with Crippen molar-refractivity contribution in [3.63, 3.8) is 0 Å². The second kappa shape index (κ2) is 9.47. The summed E-state index contributed by atoms with van der Waals surface area (Å²) in [6.07, 6.45) is 2.09. The summed E-state index contributed by atoms with van der Waals surface area (Å²) in [4.78, 5) is 11.2. The van der Waals surface area contributed by atoms with E-state index >= 15 is 0 Å². The maximum absolute atomic E-state index is 12.8. The number of hydrogen-bond acceptors (Lipinski definition) is 6. The number of anilines is 1. The number of aromatic carboxylic acids is 1. The third kappa shape index (κ3) is 5.40. The Balaban J connectivity index is 1.76. The van der Waals surface area contributed by atoms with Crippen LogP contribution in [0.25, 0.3) is 0 Å². The first-order chi connectivity index (χ1) is 14.4. The van der Waals surface area contributed by atoms with Gasteiger partial charge in [-0.25, -0.2) is 17.9 Å². The van der Waals surface area contributed by atoms with Gasteiger partial charge in [0.2, 0.25) is 10.0 Å². The quantitative estimate of drug-likeness (QED) is 0.452. The third-order valence-corrected chi connectivity index (χ3v) is 5.86. The van der Waals surface area contributed by atoms with Crippen LogP contribution in [-0.4, -0.2) is 33.1 Å². The van der Waals surface area contributed by atoms with Gasteiger partial charge in [-0.1, -0.05) is 12.1 Å². The van der Waals surface area contributed by atoms with Gasteiger partial charge in [-0.15, -0.1) is 0 Å². The lowest BCUT2D eigenvalue weighted by atomic mass is 10.1. The molecule has 3 rings (SSSR count). The molecule has 0 bridgehead atoms. The highest BCUT2D eigenvalue weighted by Crippen LogP contribution is 2.24. The highest BCUT2D eigenvalue weighted by molar-refractivity contribution is 7.89. The molecule has 0 aliphatic carbocycles. The minimum Gasteiger partial charge on any atom is -0.497 e. The molecule has 3 aromatic rings. The van der Waals surface area contributed by atoms with Crippen LogP contribution in [0.3, 0.4) is 0 Å². The number of hydrogen-bond donors (Lipinski definition) is 3. The molecule has 0 amide bonds. The van der Waals surface area contributed by atoms with Crippen LogP contribution in [0.2, 0.25) is 0 Å². The van der Waals surface area contributed by atoms with Crippen LogP contribution < -0.4 is 14.8 Å². The standard InChI is InChI=1S/C21H22N2O6S/c1-28-17-7-4-15(5-8-17)10-11-22-19-9-6-16(21(24)25)13-20(19)30(26,27)23-14-18-3-2-12-29-18/h2-9,12-13,22-23H,10-11,14H2,1H3,(H,24,25). The van der Waals surface area contributed by atoms with Crippen molar-refractivity contribution < 1.29 is 27.5 Å². The lowest BCUT2D eigenvalue weighted by molar-refractivity contribution is 0.0696. The molecule has 8 nitrogen and oxygen atoms in total. The highest BCUT2D eigenvalue weighted by atomic mass is 32.2. The molecule has 0 aliphatic rings. The number of carboxylic acid groups (broad SMARTS) is 1. The summed E-state index contributed by atoms with van der Waals surface area (Å²) in [7, 11) is -2.38. The van der Waals surface area contributed by atoms with Crippen LogP contribution in [0.1, 0.15) is 21.7 Å². The molecule has 0 fully saturated rings. The lowest BCUT2D eigenvalue weighted by Gasteiger charge is -2.14. The SMILES string of the molecule is COc1ccc(CCNc2ccc(C(=O)O)cc2S(=O)(=O)NCc2ccco2)cc1. The number of methoxy groups -OCH3 is 1. The Labute approximate surface area is 174 Å². The zero-order valence-corrected chi connectivity index (χ0v) is 17.1. The van der Waals surface area contributed by atoms with E-state index in [1.807, 2.05) is 24.3 Å². The van der Waals surface area contributed by atoms with Crippen LogP contribution in [0.5, 0.6) is 5.75 Å². The van der Waals surface area contributed by atoms with Gasteiger partial charge in [0, 0.05) is 6.54 Å². The summed E-state index contributed by atoms with van der Waals surface area (Å²) >= 11 is 0. The van der Waals surface area contributed by atoms with Gasteiger partial charge in [-0.3, -0.25) is 0 Å². The van der Waals surface area contributed by atoms with Crippen LogP contribution in [0.15, 0.2) is 70.2 Å². The molecule has 0 saturated heterocycles. The van der Waals surface area contributed by atoms with Crippen molar-refractivity contribution in [2.45, 2.75) is 17.9 Å². The topological polar surface area (TPSA) is 118 Å². The molecular formula is C21H22N2O6S. The molecule has 30 heavy (non-hydrogen) atoms. The summed E-state index contributed by atoms with van der Waals surface area (Å²) in [5, 5.41) is 12.3. The Morgan fingerprint density at radius 1 is 1.13 bits per heavy atom. The van der Waals surface area contributed by atoms with E-state index in [0.29, 0.717) is 24.4 Å². The van der Waals surface area contributed by atoms with Gasteiger partial charge in [0.25, 0.3) is 0 Å². The first-order valence-electron chi connectivity index (χ1n) is 9.15. The van der Waals surface area contributed by atoms with Gasteiger partial charge in [0.15, 0.2) is 0 Å². The molecule has 0 radical (unpaired) electrons. The number of rotatable bonds is 10. The molecule has 0 atom stereocenters. The fraction of sp³-hybridized carbons (Fsp3) is 0.190. The van der Waals surface area contributed by atoms with Crippen LogP contribution in [0.4, 0.5) is 5.69 Å². The number of sulfonamides is 1. The Morgan fingerprint density at radius 3 is 2.53 bits per heavy atom. The number of carboxylic acids is 1. The Bertz CT molecular complexity index is 1090. The summed E-state index contributed by atoms with van der Waals surface area (Å²) < 4.78 is 38.4. The monoisotopic (exact) mass is 430 g/mol. The molecule has 0 saturated carbocycles. The first-order valence-corrected chi connectivity index (χ1v) is 10.6. The van der Waals surface area contributed by atoms with Gasteiger partial charge in [-0.2, -0.15) is 0 Å². The summed E-state index contributed by atoms with van der Waals surface area (Å²) in [6, 6.07) is 14.8. The van der Waals surface area contributed by atoms with Gasteiger partial charge in [-0.05, 0) is 54.4 Å². The van der Waals surface area contributed by atoms with Crippen LogP contribution in [0, 0.1) is 0 Å². The van der Waals surface area contributed by atoms with Crippen LogP contribution in [-0.2, 0) is 23.0 Å². The summed E-state index contributed by atoms with van der Waals surface area (Å²) in [6.45, 7) is 0.414. The van der Waals surface area contributed by atoms with Crippen molar-refractivity contribution in [3.05, 3.63) is 77.7 Å². The van der Waals surface area contributed by atoms with E-state index in [1.54, 1.807) is 19.2 Å². The predicted octanol–water partition coefficient (Wildman–Crippen LogP) is 3.12. The van der Waals surface area contributed by atoms with E-state index < -0.39 is 16.0 Å². The second-order valence-corrected chi connectivity index (χ2v) is 8.18. The fourth-order valence-corrected chi connectivity index (χ4v) is 4.01. The van der Waals surface area contributed by atoms with Gasteiger partial charge >= 0.3 is 5.97 Å². The average Bonchev–Trinajstić information content (AvgIpc) is 3.26. The molecule has 1 aromatic heterocycles. The number of benzene rings is 2. The number of carbonyl (C=O) groups is 1. The number of ether oxygens (including phenoxy) is 1. The Hall–Kier alpha value is -3.30. The first kappa shape index (κ1) is 21.4. The van der Waals surface area contributed by atoms with E-state index in [9.17, 15) is 18.3 Å². The minimum atomic E-state index is -3.98. The molecule has 0 unspecified atom stereocenters. The lowest BCUT2D eigenvalue weighted by Crippen LogP contribution is -2.24. The van der Waals surface area contributed by atoms with Crippen molar-refractivity contribution in [2.75, 3.05) is 19.0 Å². The van der Waals surface area contributed by atoms with E-state index in [4.69, 9.17) is 9.15 Å². The molecule has 0 aliphatic heterocycles. The summed E-state index contributed by atoms with van der Waals surface area (Å²) in [5.41, 5.74) is 1.25. The maximum atomic E-state index is 12.8. The fourth-order valence-electron chi connectivity index (χ4n) is 2.81. The summed E-state index contributed by atoms with van der Waals surface area (Å²) in [5.74, 6) is -0.00349. The van der Waals surface area contributed by atoms with Crippen molar-refractivity contribution in [3.8, 4) is 5.75 Å². The molecule has 3 N–H and O–H groups in total. The molecule has 2 aromatic carbocycles. The van der Waals surface area contributed by atoms with E-state index in [1.165, 1.54) is 18.4 Å². The second-order valence-electron chi connectivity index (χ2n) is 6.44. The van der Waals surface area contributed by atoms with Gasteiger partial charge < -0.3 is 19.6 Å². The van der Waals surface area contributed by atoms with Gasteiger partial charge in [0.1, 0.15) is 16.4 Å². The largest absolute Gasteiger partial charge is 0.497 e. The van der Waals surface area contributed by atoms with Crippen LogP contribution >= 0.6 is 0 Å². The van der Waals surface area contributed by atoms with E-state index in [-0.39, 0.29) is 17.0 Å². The zero-order chi connectivity index (χ0) is 21.6. The van der Waals surface area contributed by atoms with E-state index in [2.05, 4.69) is 10.0 Å². The molecule has 0 spiro atoms. The van der Waals surface area contributed by atoms with Crippen molar-refractivity contribution in [1.29, 1.82) is 0 Å². The molecular weight excluding hydrogens is 408 g/mol. The van der Waals surface area contributed by atoms with E-state index in [0.717, 1.165) is 17.4 Å². The Morgan fingerprint density at radius 2 is 1.90 bits per heavy atom. The van der Waals surface area contributed by atoms with Crippen molar-refractivity contribution in [1.82, 2.24) is 4.72 Å². The zero-order valence-electron chi connectivity index (χ0n) is 16.3. The predicted molar refractivity (Wildman–Crippen MR) is 111 cm³/mol. The Kier molecular flexibility index (Phi) is 6.76. The number of furan rings is 1. The maximum Gasteiger partial charge on any atom is 0.335 e. The van der Waals surface area contributed by atoms with Crippen molar-refractivity contribution >= 4 is 21.7 Å². The average molecular weight is 430 g/mol. The molecule has 9 heteroatoms. The van der Waals surface area contributed by atoms with Gasteiger partial charge in [0.05, 0.1) is 31.2 Å². The normalized spacial score (nSPS) is 11.2. The highest BCUT2D eigenvalue weighted by Gasteiger charge is 2.21. The third-order valence-electron chi connectivity index (χ3n) is 4.42. The molecule has 1 heterocycles.